The highest BCUT2D eigenvalue weighted by Crippen LogP contribution is 2.14. The number of hydrogen-bond acceptors (Lipinski definition) is 1. The minimum Gasteiger partial charge on any atom is -0.275 e. The Hall–Kier alpha value is -1.57. The molecule has 2 aromatic rings. The Bertz CT molecular complexity index is 399. The van der Waals surface area contributed by atoms with Gasteiger partial charge in [-0.3, -0.25) is 4.68 Å². The van der Waals surface area contributed by atoms with Gasteiger partial charge in [0.1, 0.15) is 0 Å². The zero-order chi connectivity index (χ0) is 12.0. The van der Waals surface area contributed by atoms with Gasteiger partial charge >= 0.3 is 0 Å². The fourth-order valence-corrected chi connectivity index (χ4v) is 1.18. The molecule has 0 fully saturated rings. The number of aryl methyl sites for hydroxylation is 1. The topological polar surface area (TPSA) is 17.8 Å². The fourth-order valence-electron chi connectivity index (χ4n) is 1.18. The summed E-state index contributed by atoms with van der Waals surface area (Å²) in [7, 11) is 1.92. The van der Waals surface area contributed by atoms with Gasteiger partial charge in [-0.25, -0.2) is 0 Å². The molecule has 0 aliphatic rings. The second kappa shape index (κ2) is 6.11. The summed E-state index contributed by atoms with van der Waals surface area (Å²) in [4.78, 5) is 0. The highest BCUT2D eigenvalue weighted by atomic mass is 15.2. The van der Waals surface area contributed by atoms with Gasteiger partial charge in [-0.2, -0.15) is 5.10 Å². The Labute approximate surface area is 97.9 Å². The molecule has 1 aromatic carbocycles. The molecule has 0 aliphatic carbocycles. The minimum absolute atomic E-state index is 0.833. The Morgan fingerprint density at radius 1 is 1.00 bits per heavy atom. The summed E-state index contributed by atoms with van der Waals surface area (Å²) in [6, 6.07) is 12.2. The van der Waals surface area contributed by atoms with E-state index < -0.39 is 0 Å². The maximum atomic E-state index is 4.30. The van der Waals surface area contributed by atoms with Crippen LogP contribution in [-0.4, -0.2) is 9.78 Å². The van der Waals surface area contributed by atoms with Gasteiger partial charge in [0.05, 0.1) is 5.69 Å². The van der Waals surface area contributed by atoms with Crippen LogP contribution in [0, 0.1) is 5.92 Å². The molecular weight excluding hydrogens is 196 g/mol. The molecule has 0 saturated heterocycles. The predicted octanol–water partition coefficient (Wildman–Crippen LogP) is 3.75. The normalized spacial score (nSPS) is 9.81. The van der Waals surface area contributed by atoms with Crippen molar-refractivity contribution in [1.29, 1.82) is 0 Å². The van der Waals surface area contributed by atoms with E-state index in [0.29, 0.717) is 0 Å². The van der Waals surface area contributed by atoms with Crippen LogP contribution in [0.1, 0.15) is 20.8 Å². The first-order valence-corrected chi connectivity index (χ1v) is 5.64. The first-order valence-electron chi connectivity index (χ1n) is 5.64. The van der Waals surface area contributed by atoms with E-state index in [1.165, 1.54) is 0 Å². The first-order chi connectivity index (χ1) is 7.59. The fraction of sp³-hybridized carbons (Fsp3) is 0.357. The lowest BCUT2D eigenvalue weighted by Gasteiger charge is -1.93. The second-order valence-corrected chi connectivity index (χ2v) is 4.47. The predicted molar refractivity (Wildman–Crippen MR) is 69.2 cm³/mol. The molecule has 0 unspecified atom stereocenters. The molecule has 86 valence electrons. The molecule has 0 radical (unpaired) electrons. The zero-order valence-corrected chi connectivity index (χ0v) is 10.5. The molecule has 1 aromatic heterocycles. The van der Waals surface area contributed by atoms with Gasteiger partial charge in [0.2, 0.25) is 0 Å². The molecule has 0 amide bonds. The van der Waals surface area contributed by atoms with Gasteiger partial charge in [-0.15, -0.1) is 0 Å². The molecule has 2 nitrogen and oxygen atoms in total. The average molecular weight is 216 g/mol. The van der Waals surface area contributed by atoms with E-state index in [4.69, 9.17) is 0 Å². The summed E-state index contributed by atoms with van der Waals surface area (Å²) in [5.74, 6) is 0.833. The van der Waals surface area contributed by atoms with Gasteiger partial charge in [0.25, 0.3) is 0 Å². The summed E-state index contributed by atoms with van der Waals surface area (Å²) >= 11 is 0. The van der Waals surface area contributed by atoms with Crippen LogP contribution in [0.25, 0.3) is 11.3 Å². The van der Waals surface area contributed by atoms with E-state index >= 15 is 0 Å². The van der Waals surface area contributed by atoms with Crippen molar-refractivity contribution >= 4 is 0 Å². The summed E-state index contributed by atoms with van der Waals surface area (Å²) in [5, 5.41) is 4.30. The monoisotopic (exact) mass is 216 g/mol. The van der Waals surface area contributed by atoms with Crippen molar-refractivity contribution in [3.63, 3.8) is 0 Å². The Balaban J connectivity index is 0.000000280. The number of nitrogens with zero attached hydrogens (tertiary/aromatic N) is 2. The maximum Gasteiger partial charge on any atom is 0.0923 e. The van der Waals surface area contributed by atoms with Gasteiger partial charge in [0.15, 0.2) is 0 Å². The highest BCUT2D eigenvalue weighted by molar-refractivity contribution is 5.57. The third kappa shape index (κ3) is 4.30. The van der Waals surface area contributed by atoms with E-state index in [1.54, 1.807) is 0 Å². The van der Waals surface area contributed by atoms with Crippen molar-refractivity contribution in [1.82, 2.24) is 9.78 Å². The molecule has 0 atom stereocenters. The Morgan fingerprint density at radius 3 is 2.00 bits per heavy atom. The number of benzene rings is 1. The lowest BCUT2D eigenvalue weighted by atomic mass is 10.2. The summed E-state index contributed by atoms with van der Waals surface area (Å²) < 4.78 is 1.81. The average Bonchev–Trinajstić information content (AvgIpc) is 2.65. The van der Waals surface area contributed by atoms with Gasteiger partial charge in [0, 0.05) is 18.8 Å². The maximum absolute atomic E-state index is 4.30. The second-order valence-electron chi connectivity index (χ2n) is 4.47. The molecule has 2 rings (SSSR count). The molecular formula is C14H20N2. The van der Waals surface area contributed by atoms with Crippen molar-refractivity contribution < 1.29 is 0 Å². The highest BCUT2D eigenvalue weighted by Gasteiger charge is 1.97. The molecule has 1 heterocycles. The van der Waals surface area contributed by atoms with E-state index in [1.807, 2.05) is 42.2 Å². The van der Waals surface area contributed by atoms with Crippen LogP contribution in [0.4, 0.5) is 0 Å². The van der Waals surface area contributed by atoms with Crippen molar-refractivity contribution in [2.45, 2.75) is 20.8 Å². The Morgan fingerprint density at radius 2 is 1.56 bits per heavy atom. The molecule has 0 spiro atoms. The van der Waals surface area contributed by atoms with Crippen LogP contribution in [0.3, 0.4) is 0 Å². The molecule has 0 saturated carbocycles. The van der Waals surface area contributed by atoms with Crippen LogP contribution in [0.5, 0.6) is 0 Å². The van der Waals surface area contributed by atoms with Crippen LogP contribution < -0.4 is 0 Å². The van der Waals surface area contributed by atoms with Gasteiger partial charge in [-0.1, -0.05) is 51.1 Å². The number of hydrogen-bond donors (Lipinski definition) is 0. The number of rotatable bonds is 1. The van der Waals surface area contributed by atoms with Crippen molar-refractivity contribution in [3.8, 4) is 11.3 Å². The quantitative estimate of drug-likeness (QED) is 0.710. The van der Waals surface area contributed by atoms with Crippen molar-refractivity contribution in [2.75, 3.05) is 0 Å². The smallest absolute Gasteiger partial charge is 0.0923 e. The SMILES string of the molecule is CC(C)C.Cn1ccc(-c2ccccc2)n1. The van der Waals surface area contributed by atoms with Gasteiger partial charge < -0.3 is 0 Å². The van der Waals surface area contributed by atoms with E-state index in [2.05, 4.69) is 38.0 Å². The molecule has 0 bridgehead atoms. The largest absolute Gasteiger partial charge is 0.275 e. The molecule has 0 N–H and O–H groups in total. The van der Waals surface area contributed by atoms with E-state index in [-0.39, 0.29) is 0 Å². The third-order valence-corrected chi connectivity index (χ3v) is 1.78. The van der Waals surface area contributed by atoms with Crippen LogP contribution in [-0.2, 0) is 7.05 Å². The minimum atomic E-state index is 0.833. The van der Waals surface area contributed by atoms with Crippen LogP contribution >= 0.6 is 0 Å². The van der Waals surface area contributed by atoms with Crippen molar-refractivity contribution in [2.24, 2.45) is 13.0 Å². The summed E-state index contributed by atoms with van der Waals surface area (Å²) in [6.07, 6.45) is 1.95. The van der Waals surface area contributed by atoms with E-state index in [0.717, 1.165) is 17.2 Å². The lowest BCUT2D eigenvalue weighted by Crippen LogP contribution is -1.87. The Kier molecular flexibility index (Phi) is 4.77. The summed E-state index contributed by atoms with van der Waals surface area (Å²) in [5.41, 5.74) is 2.19. The zero-order valence-electron chi connectivity index (χ0n) is 10.5. The first kappa shape index (κ1) is 12.5. The summed E-state index contributed by atoms with van der Waals surface area (Å²) in [6.45, 7) is 6.50. The standard InChI is InChI=1S/C10H10N2.C4H10/c1-12-8-7-10(11-12)9-5-3-2-4-6-9;1-4(2)3/h2-8H,1H3;4H,1-3H3. The van der Waals surface area contributed by atoms with Crippen LogP contribution in [0.2, 0.25) is 0 Å². The molecule has 2 heteroatoms. The number of aromatic nitrogens is 2. The molecule has 16 heavy (non-hydrogen) atoms. The van der Waals surface area contributed by atoms with Crippen molar-refractivity contribution in [3.05, 3.63) is 42.6 Å². The van der Waals surface area contributed by atoms with Gasteiger partial charge in [-0.05, 0) is 12.0 Å². The third-order valence-electron chi connectivity index (χ3n) is 1.78. The molecule has 0 aliphatic heterocycles. The van der Waals surface area contributed by atoms with E-state index in [9.17, 15) is 0 Å². The van der Waals surface area contributed by atoms with Crippen LogP contribution in [0.15, 0.2) is 42.6 Å². The lowest BCUT2D eigenvalue weighted by molar-refractivity contribution is 0.737.